The van der Waals surface area contributed by atoms with Gasteiger partial charge in [-0.3, -0.25) is 25.6 Å². The molecule has 3 rings (SSSR count). The molecule has 1 aliphatic heterocycles. The highest BCUT2D eigenvalue weighted by Gasteiger charge is 2.28. The Morgan fingerprint density at radius 2 is 1.97 bits per heavy atom. The first kappa shape index (κ1) is 24.1. The molecule has 2 amide bonds. The van der Waals surface area contributed by atoms with Gasteiger partial charge in [0.25, 0.3) is 0 Å². The van der Waals surface area contributed by atoms with Crippen LogP contribution in [0.25, 0.3) is 0 Å². The Labute approximate surface area is 188 Å². The fourth-order valence-corrected chi connectivity index (χ4v) is 4.35. The van der Waals surface area contributed by atoms with Gasteiger partial charge in [0, 0.05) is 32.6 Å². The van der Waals surface area contributed by atoms with E-state index in [4.69, 9.17) is 0 Å². The Bertz CT molecular complexity index is 783. The lowest BCUT2D eigenvalue weighted by atomic mass is 9.92. The van der Waals surface area contributed by atoms with E-state index in [1.54, 1.807) is 0 Å². The van der Waals surface area contributed by atoms with Gasteiger partial charge in [-0.2, -0.15) is 4.39 Å². The summed E-state index contributed by atoms with van der Waals surface area (Å²) in [5.74, 6) is -0.666. The molecule has 1 aliphatic carbocycles. The molecule has 1 saturated carbocycles. The Kier molecular flexibility index (Phi) is 8.57. The topological polar surface area (TPSA) is 114 Å². The molecule has 178 valence electrons. The lowest BCUT2D eigenvalue weighted by Gasteiger charge is -2.33. The van der Waals surface area contributed by atoms with E-state index >= 15 is 4.39 Å². The minimum absolute atomic E-state index is 0.0880. The predicted octanol–water partition coefficient (Wildman–Crippen LogP) is 1.42. The number of piperazine rings is 1. The SMILES string of the molecule is CCc1nc(NNC(=O)[C@@H](CC2CCCC2)CN(O)C=O)c(F)c(N2CCN(C)CC2)n1. The third kappa shape index (κ3) is 6.26. The molecule has 1 atom stereocenters. The van der Waals surface area contributed by atoms with Gasteiger partial charge in [-0.1, -0.05) is 32.6 Å². The zero-order chi connectivity index (χ0) is 23.1. The van der Waals surface area contributed by atoms with E-state index < -0.39 is 17.6 Å². The van der Waals surface area contributed by atoms with Crippen molar-refractivity contribution in [3.05, 3.63) is 11.6 Å². The Hall–Kier alpha value is -2.53. The first-order chi connectivity index (χ1) is 15.4. The number of hydrazine groups is 1. The lowest BCUT2D eigenvalue weighted by Crippen LogP contribution is -2.45. The number of hydrogen-bond acceptors (Lipinski definition) is 8. The number of nitrogens with zero attached hydrogens (tertiary/aromatic N) is 5. The molecular formula is C21H34FN7O3. The van der Waals surface area contributed by atoms with E-state index in [1.807, 2.05) is 18.9 Å². The van der Waals surface area contributed by atoms with Gasteiger partial charge in [-0.25, -0.2) is 15.0 Å². The van der Waals surface area contributed by atoms with Crippen molar-refractivity contribution in [3.63, 3.8) is 0 Å². The first-order valence-corrected chi connectivity index (χ1v) is 11.4. The van der Waals surface area contributed by atoms with Crippen molar-refractivity contribution in [1.29, 1.82) is 0 Å². The number of likely N-dealkylation sites (N-methyl/N-ethyl adjacent to an activating group) is 1. The van der Waals surface area contributed by atoms with Crippen LogP contribution in [0.4, 0.5) is 16.0 Å². The molecule has 2 aliphatic rings. The average molecular weight is 452 g/mol. The van der Waals surface area contributed by atoms with E-state index in [0.717, 1.165) is 38.8 Å². The quantitative estimate of drug-likeness (QED) is 0.278. The van der Waals surface area contributed by atoms with Crippen molar-refractivity contribution in [2.24, 2.45) is 11.8 Å². The van der Waals surface area contributed by atoms with Gasteiger partial charge in [0.05, 0.1) is 12.5 Å². The summed E-state index contributed by atoms with van der Waals surface area (Å²) in [6.07, 6.45) is 5.65. The van der Waals surface area contributed by atoms with E-state index in [9.17, 15) is 14.8 Å². The van der Waals surface area contributed by atoms with E-state index in [1.165, 1.54) is 0 Å². The van der Waals surface area contributed by atoms with Crippen molar-refractivity contribution in [2.75, 3.05) is 50.1 Å². The standard InChI is InChI=1S/C21H34FN7O3/c1-3-17-23-19(18(22)20(24-17)28-10-8-27(2)9-11-28)25-26-21(31)16(13-29(32)14-30)12-15-6-4-5-7-15/h14-16,32H,3-13H2,1-2H3,(H,26,31)(H,23,24,25)/t16-/m0/s1. The highest BCUT2D eigenvalue weighted by Crippen LogP contribution is 2.31. The predicted molar refractivity (Wildman–Crippen MR) is 117 cm³/mol. The van der Waals surface area contributed by atoms with Gasteiger partial charge in [0.1, 0.15) is 5.82 Å². The highest BCUT2D eigenvalue weighted by atomic mass is 19.1. The second-order valence-electron chi connectivity index (χ2n) is 8.69. The number of amides is 2. The number of nitrogens with one attached hydrogen (secondary N) is 2. The zero-order valence-electron chi connectivity index (χ0n) is 18.9. The Balaban J connectivity index is 1.70. The summed E-state index contributed by atoms with van der Waals surface area (Å²) in [5.41, 5.74) is 5.15. The molecule has 32 heavy (non-hydrogen) atoms. The fraction of sp³-hybridized carbons (Fsp3) is 0.714. The van der Waals surface area contributed by atoms with Crippen LogP contribution >= 0.6 is 0 Å². The minimum Gasteiger partial charge on any atom is -0.351 e. The molecule has 0 spiro atoms. The summed E-state index contributed by atoms with van der Waals surface area (Å²) in [4.78, 5) is 36.3. The van der Waals surface area contributed by atoms with Crippen LogP contribution < -0.4 is 15.8 Å². The second-order valence-corrected chi connectivity index (χ2v) is 8.69. The zero-order valence-corrected chi connectivity index (χ0v) is 18.9. The number of halogens is 1. The van der Waals surface area contributed by atoms with Crippen LogP contribution in [0.2, 0.25) is 0 Å². The summed E-state index contributed by atoms with van der Waals surface area (Å²) in [6, 6.07) is 0. The normalized spacial score (nSPS) is 18.4. The van der Waals surface area contributed by atoms with Gasteiger partial charge >= 0.3 is 0 Å². The summed E-state index contributed by atoms with van der Waals surface area (Å²) in [7, 11) is 2.02. The molecule has 3 N–H and O–H groups in total. The number of aromatic nitrogens is 2. The summed E-state index contributed by atoms with van der Waals surface area (Å²) in [5, 5.41) is 10.1. The number of aryl methyl sites for hydroxylation is 1. The van der Waals surface area contributed by atoms with Gasteiger partial charge in [0.2, 0.25) is 18.1 Å². The lowest BCUT2D eigenvalue weighted by molar-refractivity contribution is -0.154. The molecule has 1 saturated heterocycles. The maximum Gasteiger partial charge on any atom is 0.243 e. The Morgan fingerprint density at radius 1 is 1.28 bits per heavy atom. The van der Waals surface area contributed by atoms with Crippen LogP contribution in [0, 0.1) is 17.7 Å². The highest BCUT2D eigenvalue weighted by molar-refractivity contribution is 5.80. The fourth-order valence-electron chi connectivity index (χ4n) is 4.35. The van der Waals surface area contributed by atoms with Crippen molar-refractivity contribution >= 4 is 24.0 Å². The van der Waals surface area contributed by atoms with Crippen LogP contribution in [-0.2, 0) is 16.0 Å². The number of carbonyl (C=O) groups is 2. The summed E-state index contributed by atoms with van der Waals surface area (Å²) in [6.45, 7) is 4.69. The second kappa shape index (κ2) is 11.4. The van der Waals surface area contributed by atoms with Crippen LogP contribution in [0.15, 0.2) is 0 Å². The Morgan fingerprint density at radius 3 is 2.59 bits per heavy atom. The van der Waals surface area contributed by atoms with Crippen LogP contribution in [0.3, 0.4) is 0 Å². The van der Waals surface area contributed by atoms with Gasteiger partial charge < -0.3 is 9.80 Å². The van der Waals surface area contributed by atoms with Crippen molar-refractivity contribution in [2.45, 2.75) is 45.4 Å². The molecule has 0 bridgehead atoms. The molecule has 10 nitrogen and oxygen atoms in total. The smallest absolute Gasteiger partial charge is 0.243 e. The molecule has 2 heterocycles. The molecule has 1 aromatic heterocycles. The number of hydrogen-bond donors (Lipinski definition) is 3. The van der Waals surface area contributed by atoms with Crippen molar-refractivity contribution in [3.8, 4) is 0 Å². The minimum atomic E-state index is -0.617. The molecule has 11 heteroatoms. The third-order valence-corrected chi connectivity index (χ3v) is 6.30. The molecular weight excluding hydrogens is 417 g/mol. The number of carbonyl (C=O) groups excluding carboxylic acids is 2. The molecule has 0 aromatic carbocycles. The number of hydroxylamine groups is 2. The van der Waals surface area contributed by atoms with Crippen LogP contribution in [0.5, 0.6) is 0 Å². The van der Waals surface area contributed by atoms with Crippen molar-refractivity contribution < 1.29 is 19.2 Å². The van der Waals surface area contributed by atoms with Crippen LogP contribution in [-0.4, -0.2) is 77.2 Å². The van der Waals surface area contributed by atoms with E-state index in [0.29, 0.717) is 42.7 Å². The molecule has 1 aromatic rings. The third-order valence-electron chi connectivity index (χ3n) is 6.30. The number of rotatable bonds is 10. The van der Waals surface area contributed by atoms with Crippen LogP contribution in [0.1, 0.15) is 44.9 Å². The maximum absolute atomic E-state index is 15.2. The van der Waals surface area contributed by atoms with Gasteiger partial charge in [-0.15, -0.1) is 0 Å². The summed E-state index contributed by atoms with van der Waals surface area (Å²) >= 11 is 0. The molecule has 2 fully saturated rings. The van der Waals surface area contributed by atoms with Crippen molar-refractivity contribution in [1.82, 2.24) is 25.4 Å². The summed E-state index contributed by atoms with van der Waals surface area (Å²) < 4.78 is 15.2. The molecule has 0 radical (unpaired) electrons. The van der Waals surface area contributed by atoms with Gasteiger partial charge in [-0.05, 0) is 19.4 Å². The largest absolute Gasteiger partial charge is 0.351 e. The van der Waals surface area contributed by atoms with E-state index in [-0.39, 0.29) is 24.6 Å². The molecule has 0 unspecified atom stereocenters. The van der Waals surface area contributed by atoms with E-state index in [2.05, 4.69) is 25.7 Å². The monoisotopic (exact) mass is 451 g/mol. The van der Waals surface area contributed by atoms with Gasteiger partial charge in [0.15, 0.2) is 11.6 Å². The average Bonchev–Trinajstić information content (AvgIpc) is 3.31. The maximum atomic E-state index is 15.2. The first-order valence-electron chi connectivity index (χ1n) is 11.4. The number of anilines is 2.